The molecule has 130 valence electrons. The van der Waals surface area contributed by atoms with Gasteiger partial charge in [0.1, 0.15) is 5.60 Å². The van der Waals surface area contributed by atoms with E-state index < -0.39 is 5.60 Å². The molecule has 0 spiro atoms. The van der Waals surface area contributed by atoms with Gasteiger partial charge in [0.05, 0.1) is 0 Å². The summed E-state index contributed by atoms with van der Waals surface area (Å²) in [5.41, 5.74) is 7.37. The van der Waals surface area contributed by atoms with E-state index in [2.05, 4.69) is 67.6 Å². The van der Waals surface area contributed by atoms with Crippen LogP contribution in [0, 0.1) is 6.92 Å². The molecular weight excluding hydrogens is 328 g/mol. The zero-order chi connectivity index (χ0) is 18.4. The predicted octanol–water partition coefficient (Wildman–Crippen LogP) is 5.93. The number of aryl methyl sites for hydroxylation is 1. The van der Waals surface area contributed by atoms with Gasteiger partial charge < -0.3 is 5.11 Å². The van der Waals surface area contributed by atoms with Gasteiger partial charge in [-0.15, -0.1) is 0 Å². The molecule has 4 aromatic rings. The molecule has 1 heteroatoms. The molecule has 1 nitrogen and oxygen atoms in total. The Bertz CT molecular complexity index is 1140. The average molecular weight is 348 g/mol. The van der Waals surface area contributed by atoms with Crippen LogP contribution in [0.5, 0.6) is 0 Å². The van der Waals surface area contributed by atoms with Crippen LogP contribution in [-0.2, 0) is 5.60 Å². The maximum absolute atomic E-state index is 12.1. The van der Waals surface area contributed by atoms with E-state index in [1.165, 1.54) is 0 Å². The minimum Gasteiger partial charge on any atom is -0.376 e. The third-order valence-corrected chi connectivity index (χ3v) is 5.66. The van der Waals surface area contributed by atoms with Crippen LogP contribution >= 0.6 is 0 Å². The second kappa shape index (κ2) is 5.94. The molecule has 0 fully saturated rings. The SMILES string of the molecule is Cc1ccccc1C1(O)c2ccccc2-c2c(-c3ccccc3)cccc21. The van der Waals surface area contributed by atoms with E-state index in [4.69, 9.17) is 0 Å². The predicted molar refractivity (Wildman–Crippen MR) is 111 cm³/mol. The molecule has 5 rings (SSSR count). The fourth-order valence-corrected chi connectivity index (χ4v) is 4.43. The number of benzene rings is 4. The number of rotatable bonds is 2. The molecule has 0 saturated heterocycles. The summed E-state index contributed by atoms with van der Waals surface area (Å²) < 4.78 is 0. The highest BCUT2D eigenvalue weighted by Crippen LogP contribution is 2.54. The first kappa shape index (κ1) is 16.0. The van der Waals surface area contributed by atoms with Crippen LogP contribution in [0.1, 0.15) is 22.3 Å². The van der Waals surface area contributed by atoms with Gasteiger partial charge in [-0.1, -0.05) is 97.1 Å². The van der Waals surface area contributed by atoms with Gasteiger partial charge in [0.25, 0.3) is 0 Å². The van der Waals surface area contributed by atoms with Crippen molar-refractivity contribution in [2.24, 2.45) is 0 Å². The molecule has 0 bridgehead atoms. The number of hydrogen-bond donors (Lipinski definition) is 1. The Morgan fingerprint density at radius 2 is 1.15 bits per heavy atom. The molecule has 1 unspecified atom stereocenters. The summed E-state index contributed by atoms with van der Waals surface area (Å²) in [5.74, 6) is 0. The maximum atomic E-state index is 12.1. The normalized spacial score (nSPS) is 17.4. The molecule has 0 aromatic heterocycles. The van der Waals surface area contributed by atoms with Gasteiger partial charge in [-0.3, -0.25) is 0 Å². The van der Waals surface area contributed by atoms with Gasteiger partial charge in [0, 0.05) is 11.1 Å². The molecule has 27 heavy (non-hydrogen) atoms. The summed E-state index contributed by atoms with van der Waals surface area (Å²) in [6.45, 7) is 2.06. The van der Waals surface area contributed by atoms with Gasteiger partial charge in [-0.05, 0) is 40.3 Å². The molecule has 0 heterocycles. The van der Waals surface area contributed by atoms with Crippen molar-refractivity contribution in [2.75, 3.05) is 0 Å². The third kappa shape index (κ3) is 2.22. The second-order valence-corrected chi connectivity index (χ2v) is 7.17. The monoisotopic (exact) mass is 348 g/mol. The summed E-state index contributed by atoms with van der Waals surface area (Å²) in [6.07, 6.45) is 0. The topological polar surface area (TPSA) is 20.2 Å². The number of hydrogen-bond acceptors (Lipinski definition) is 1. The van der Waals surface area contributed by atoms with Crippen molar-refractivity contribution >= 4 is 0 Å². The van der Waals surface area contributed by atoms with E-state index in [1.54, 1.807) is 0 Å². The first-order chi connectivity index (χ1) is 13.2. The highest BCUT2D eigenvalue weighted by Gasteiger charge is 2.44. The van der Waals surface area contributed by atoms with Crippen molar-refractivity contribution in [2.45, 2.75) is 12.5 Å². The van der Waals surface area contributed by atoms with Crippen molar-refractivity contribution in [3.05, 3.63) is 119 Å². The Kier molecular flexibility index (Phi) is 3.53. The van der Waals surface area contributed by atoms with Crippen molar-refractivity contribution in [3.63, 3.8) is 0 Å². The zero-order valence-electron chi connectivity index (χ0n) is 15.2. The summed E-state index contributed by atoms with van der Waals surface area (Å²) in [6, 6.07) is 33.0. The molecule has 1 aliphatic rings. The average Bonchev–Trinajstić information content (AvgIpc) is 2.99. The maximum Gasteiger partial charge on any atom is 0.142 e. The van der Waals surface area contributed by atoms with Crippen LogP contribution in [0.2, 0.25) is 0 Å². The minimum atomic E-state index is -1.14. The van der Waals surface area contributed by atoms with Crippen LogP contribution in [0.15, 0.2) is 97.1 Å². The molecule has 1 N–H and O–H groups in total. The van der Waals surface area contributed by atoms with E-state index in [0.717, 1.165) is 44.5 Å². The smallest absolute Gasteiger partial charge is 0.142 e. The van der Waals surface area contributed by atoms with Crippen LogP contribution in [0.3, 0.4) is 0 Å². The number of fused-ring (bicyclic) bond motifs is 3. The molecule has 0 saturated carbocycles. The lowest BCUT2D eigenvalue weighted by atomic mass is 9.81. The van der Waals surface area contributed by atoms with E-state index >= 15 is 0 Å². The van der Waals surface area contributed by atoms with E-state index in [1.807, 2.05) is 36.4 Å². The first-order valence-electron chi connectivity index (χ1n) is 9.28. The van der Waals surface area contributed by atoms with Crippen molar-refractivity contribution in [3.8, 4) is 22.3 Å². The van der Waals surface area contributed by atoms with Crippen molar-refractivity contribution in [1.29, 1.82) is 0 Å². The van der Waals surface area contributed by atoms with Crippen LogP contribution in [-0.4, -0.2) is 5.11 Å². The summed E-state index contributed by atoms with van der Waals surface area (Å²) in [7, 11) is 0. The molecule has 0 amide bonds. The fraction of sp³-hybridized carbons (Fsp3) is 0.0769. The Labute approximate surface area is 159 Å². The van der Waals surface area contributed by atoms with Gasteiger partial charge in [-0.2, -0.15) is 0 Å². The molecule has 1 aliphatic carbocycles. The van der Waals surface area contributed by atoms with Crippen molar-refractivity contribution < 1.29 is 5.11 Å². The highest BCUT2D eigenvalue weighted by molar-refractivity contribution is 5.93. The van der Waals surface area contributed by atoms with E-state index in [0.29, 0.717) is 0 Å². The molecule has 4 aromatic carbocycles. The Morgan fingerprint density at radius 3 is 1.93 bits per heavy atom. The Morgan fingerprint density at radius 1 is 0.556 bits per heavy atom. The zero-order valence-corrected chi connectivity index (χ0v) is 15.2. The van der Waals surface area contributed by atoms with Crippen LogP contribution < -0.4 is 0 Å². The van der Waals surface area contributed by atoms with Crippen LogP contribution in [0.4, 0.5) is 0 Å². The van der Waals surface area contributed by atoms with Gasteiger partial charge >= 0.3 is 0 Å². The molecular formula is C26H20O. The van der Waals surface area contributed by atoms with Gasteiger partial charge in [-0.25, -0.2) is 0 Å². The van der Waals surface area contributed by atoms with Crippen LogP contribution in [0.25, 0.3) is 22.3 Å². The van der Waals surface area contributed by atoms with E-state index in [-0.39, 0.29) is 0 Å². The lowest BCUT2D eigenvalue weighted by Gasteiger charge is -2.28. The highest BCUT2D eigenvalue weighted by atomic mass is 16.3. The van der Waals surface area contributed by atoms with Gasteiger partial charge in [0.2, 0.25) is 0 Å². The minimum absolute atomic E-state index is 0.946. The summed E-state index contributed by atoms with van der Waals surface area (Å²) in [4.78, 5) is 0. The lowest BCUT2D eigenvalue weighted by Crippen LogP contribution is -2.27. The van der Waals surface area contributed by atoms with E-state index in [9.17, 15) is 5.11 Å². The quantitative estimate of drug-likeness (QED) is 0.476. The Hall–Kier alpha value is -3.16. The largest absolute Gasteiger partial charge is 0.376 e. The standard InChI is InChI=1S/C26H20O/c1-18-10-5-7-15-22(18)26(27)23-16-8-6-13-21(23)25-20(14-9-17-24(25)26)19-11-3-2-4-12-19/h2-17,27H,1H3. The summed E-state index contributed by atoms with van der Waals surface area (Å²) >= 11 is 0. The molecule has 0 radical (unpaired) electrons. The fourth-order valence-electron chi connectivity index (χ4n) is 4.43. The first-order valence-corrected chi connectivity index (χ1v) is 9.28. The summed E-state index contributed by atoms with van der Waals surface area (Å²) in [5, 5.41) is 12.1. The van der Waals surface area contributed by atoms with Crippen molar-refractivity contribution in [1.82, 2.24) is 0 Å². The molecule has 1 atom stereocenters. The second-order valence-electron chi connectivity index (χ2n) is 7.17. The Balaban J connectivity index is 1.89. The third-order valence-electron chi connectivity index (χ3n) is 5.66. The molecule has 0 aliphatic heterocycles. The number of aliphatic hydroxyl groups is 1. The van der Waals surface area contributed by atoms with Gasteiger partial charge in [0.15, 0.2) is 0 Å². The lowest BCUT2D eigenvalue weighted by molar-refractivity contribution is 0.130.